The zero-order chi connectivity index (χ0) is 14.5. The Hall–Kier alpha value is -2.09. The van der Waals surface area contributed by atoms with Gasteiger partial charge in [-0.3, -0.25) is 5.32 Å². The van der Waals surface area contributed by atoms with Crippen LogP contribution in [0.4, 0.5) is 10.1 Å². The molecule has 0 fully saturated rings. The molecule has 5 heteroatoms. The second-order valence-electron chi connectivity index (χ2n) is 5.39. The summed E-state index contributed by atoms with van der Waals surface area (Å²) in [7, 11) is 0. The zero-order valence-electron chi connectivity index (χ0n) is 11.7. The fraction of sp³-hybridized carbons (Fsp3) is 0.429. The third-order valence-electron chi connectivity index (χ3n) is 2.86. The van der Waals surface area contributed by atoms with E-state index in [9.17, 15) is 4.39 Å². The number of benzene rings is 1. The highest BCUT2D eigenvalue weighted by molar-refractivity contribution is 5.94. The summed E-state index contributed by atoms with van der Waals surface area (Å²) in [6.45, 7) is 8.19. The molecule has 1 unspecified atom stereocenters. The summed E-state index contributed by atoms with van der Waals surface area (Å²) in [5.74, 6) is 0.0527. The van der Waals surface area contributed by atoms with Gasteiger partial charge >= 0.3 is 0 Å². The molecule has 1 aromatic carbocycles. The lowest BCUT2D eigenvalue weighted by Crippen LogP contribution is -2.31. The number of aliphatic imine (C=N–C) groups is 1. The maximum atomic E-state index is 12.8. The molecule has 1 atom stereocenters. The summed E-state index contributed by atoms with van der Waals surface area (Å²) in [6.07, 6.45) is 1.84. The predicted octanol–water partition coefficient (Wildman–Crippen LogP) is 3.10. The van der Waals surface area contributed by atoms with Crippen LogP contribution in [0.2, 0.25) is 0 Å². The molecule has 0 saturated heterocycles. The molecule has 1 aromatic rings. The molecule has 0 saturated carbocycles. The summed E-state index contributed by atoms with van der Waals surface area (Å²) in [5.41, 5.74) is 0.663. The third kappa shape index (κ3) is 4.96. The van der Waals surface area contributed by atoms with E-state index in [0.717, 1.165) is 0 Å². The monoisotopic (exact) mass is 262 g/mol. The lowest BCUT2D eigenvalue weighted by molar-refractivity contribution is 0.341. The molecule has 0 bridgehead atoms. The van der Waals surface area contributed by atoms with E-state index in [0.29, 0.717) is 11.6 Å². The highest BCUT2D eigenvalue weighted by Crippen LogP contribution is 2.21. The van der Waals surface area contributed by atoms with E-state index in [1.165, 1.54) is 12.1 Å². The number of nitrogens with one attached hydrogen (secondary N) is 2. The summed E-state index contributed by atoms with van der Waals surface area (Å²) >= 11 is 0. The van der Waals surface area contributed by atoms with Crippen LogP contribution in [0.5, 0.6) is 0 Å². The van der Waals surface area contributed by atoms with Crippen molar-refractivity contribution >= 4 is 11.6 Å². The first-order valence-electron chi connectivity index (χ1n) is 6.08. The van der Waals surface area contributed by atoms with Crippen LogP contribution in [-0.4, -0.2) is 12.0 Å². The van der Waals surface area contributed by atoms with Crippen LogP contribution in [0.15, 0.2) is 29.3 Å². The van der Waals surface area contributed by atoms with E-state index in [1.54, 1.807) is 12.1 Å². The molecule has 0 spiro atoms. The molecule has 2 N–H and O–H groups in total. The van der Waals surface area contributed by atoms with Gasteiger partial charge in [0.15, 0.2) is 6.19 Å². The van der Waals surface area contributed by atoms with Gasteiger partial charge in [-0.15, -0.1) is 0 Å². The maximum absolute atomic E-state index is 12.8. The quantitative estimate of drug-likeness (QED) is 0.372. The van der Waals surface area contributed by atoms with Gasteiger partial charge in [0, 0.05) is 5.69 Å². The molecule has 0 aliphatic rings. The number of guanidine groups is 1. The molecule has 0 aliphatic carbocycles. The van der Waals surface area contributed by atoms with Crippen molar-refractivity contribution in [2.75, 3.05) is 5.32 Å². The Labute approximate surface area is 113 Å². The van der Waals surface area contributed by atoms with Crippen molar-refractivity contribution in [2.24, 2.45) is 10.4 Å². The van der Waals surface area contributed by atoms with Gasteiger partial charge < -0.3 is 5.32 Å². The molecular weight excluding hydrogens is 243 g/mol. The third-order valence-corrected chi connectivity index (χ3v) is 2.86. The Morgan fingerprint density at radius 1 is 1.32 bits per heavy atom. The number of nitrogens with zero attached hydrogens (tertiary/aromatic N) is 2. The van der Waals surface area contributed by atoms with Gasteiger partial charge in [-0.1, -0.05) is 20.8 Å². The minimum atomic E-state index is -0.305. The highest BCUT2D eigenvalue weighted by Gasteiger charge is 2.19. The summed E-state index contributed by atoms with van der Waals surface area (Å²) in [6, 6.07) is 5.90. The molecule has 1 rings (SSSR count). The standard InChI is InChI=1S/C14H19FN4/c1-10(14(2,3)4)18-13(17-9-16)19-12-7-5-11(15)6-8-12/h5-8,10H,1-4H3,(H2,17,18,19). The van der Waals surface area contributed by atoms with E-state index in [2.05, 4.69) is 36.4 Å². The van der Waals surface area contributed by atoms with Crippen LogP contribution in [0, 0.1) is 22.7 Å². The predicted molar refractivity (Wildman–Crippen MR) is 75.1 cm³/mol. The average Bonchev–Trinajstić information content (AvgIpc) is 2.31. The van der Waals surface area contributed by atoms with Crippen molar-refractivity contribution < 1.29 is 4.39 Å². The maximum Gasteiger partial charge on any atom is 0.209 e. The molecule has 19 heavy (non-hydrogen) atoms. The van der Waals surface area contributed by atoms with Crippen molar-refractivity contribution in [3.8, 4) is 6.19 Å². The molecule has 0 aliphatic heterocycles. The Morgan fingerprint density at radius 2 is 1.89 bits per heavy atom. The van der Waals surface area contributed by atoms with Gasteiger partial charge in [0.2, 0.25) is 5.96 Å². The van der Waals surface area contributed by atoms with E-state index in [4.69, 9.17) is 5.26 Å². The Bertz CT molecular complexity index is 480. The molecule has 0 radical (unpaired) electrons. The number of halogens is 1. The SMILES string of the molecule is CC(N=C(NC#N)Nc1ccc(F)cc1)C(C)(C)C. The number of hydrogen-bond donors (Lipinski definition) is 2. The van der Waals surface area contributed by atoms with Crippen LogP contribution in [0.1, 0.15) is 27.7 Å². The normalized spacial score (nSPS) is 13.6. The van der Waals surface area contributed by atoms with Gasteiger partial charge in [-0.25, -0.2) is 9.38 Å². The number of anilines is 1. The van der Waals surface area contributed by atoms with Crippen LogP contribution >= 0.6 is 0 Å². The number of rotatable bonds is 2. The average molecular weight is 262 g/mol. The van der Waals surface area contributed by atoms with E-state index >= 15 is 0 Å². The second-order valence-corrected chi connectivity index (χ2v) is 5.39. The van der Waals surface area contributed by atoms with Crippen molar-refractivity contribution in [1.29, 1.82) is 5.26 Å². The fourth-order valence-electron chi connectivity index (χ4n) is 1.21. The molecule has 0 amide bonds. The molecule has 0 aromatic heterocycles. The van der Waals surface area contributed by atoms with Crippen molar-refractivity contribution in [3.63, 3.8) is 0 Å². The Kier molecular flexibility index (Phi) is 4.87. The van der Waals surface area contributed by atoms with Crippen molar-refractivity contribution in [3.05, 3.63) is 30.1 Å². The smallest absolute Gasteiger partial charge is 0.209 e. The lowest BCUT2D eigenvalue weighted by Gasteiger charge is -2.24. The Balaban J connectivity index is 2.87. The van der Waals surface area contributed by atoms with Crippen molar-refractivity contribution in [2.45, 2.75) is 33.7 Å². The van der Waals surface area contributed by atoms with Gasteiger partial charge in [0.1, 0.15) is 5.82 Å². The van der Waals surface area contributed by atoms with E-state index < -0.39 is 0 Å². The second kappa shape index (κ2) is 6.19. The minimum absolute atomic E-state index is 0.00708. The fourth-order valence-corrected chi connectivity index (χ4v) is 1.21. The van der Waals surface area contributed by atoms with Crippen LogP contribution in [-0.2, 0) is 0 Å². The summed E-state index contributed by atoms with van der Waals surface area (Å²) in [5, 5.41) is 14.2. The first-order chi connectivity index (χ1) is 8.82. The van der Waals surface area contributed by atoms with E-state index in [1.807, 2.05) is 13.1 Å². The van der Waals surface area contributed by atoms with Gasteiger partial charge in [-0.05, 0) is 36.6 Å². The minimum Gasteiger partial charge on any atom is -0.326 e. The number of hydrogen-bond acceptors (Lipinski definition) is 2. The van der Waals surface area contributed by atoms with Gasteiger partial charge in [0.05, 0.1) is 6.04 Å². The summed E-state index contributed by atoms with van der Waals surface area (Å²) in [4.78, 5) is 4.43. The van der Waals surface area contributed by atoms with Crippen LogP contribution in [0.25, 0.3) is 0 Å². The topological polar surface area (TPSA) is 60.2 Å². The van der Waals surface area contributed by atoms with Crippen molar-refractivity contribution in [1.82, 2.24) is 5.32 Å². The van der Waals surface area contributed by atoms with Crippen LogP contribution in [0.3, 0.4) is 0 Å². The van der Waals surface area contributed by atoms with Gasteiger partial charge in [0.25, 0.3) is 0 Å². The largest absolute Gasteiger partial charge is 0.326 e. The molecule has 102 valence electrons. The van der Waals surface area contributed by atoms with E-state index in [-0.39, 0.29) is 17.3 Å². The summed E-state index contributed by atoms with van der Waals surface area (Å²) < 4.78 is 12.8. The van der Waals surface area contributed by atoms with Crippen LogP contribution < -0.4 is 10.6 Å². The lowest BCUT2D eigenvalue weighted by atomic mass is 9.88. The molecule has 4 nitrogen and oxygen atoms in total. The zero-order valence-corrected chi connectivity index (χ0v) is 11.7. The van der Waals surface area contributed by atoms with Gasteiger partial charge in [-0.2, -0.15) is 5.26 Å². The first-order valence-corrected chi connectivity index (χ1v) is 6.08. The Morgan fingerprint density at radius 3 is 2.37 bits per heavy atom. The molecular formula is C14H19FN4. The first kappa shape index (κ1) is 15.0. The molecule has 0 heterocycles. The number of nitriles is 1. The highest BCUT2D eigenvalue weighted by atomic mass is 19.1.